The number of fused-ring (bicyclic) bond motifs is 4. The van der Waals surface area contributed by atoms with Crippen molar-refractivity contribution in [1.82, 2.24) is 4.98 Å². The van der Waals surface area contributed by atoms with Gasteiger partial charge in [0.2, 0.25) is 0 Å². The fraction of sp³-hybridized carbons (Fsp3) is 0.565. The molecule has 8 heteroatoms. The molecule has 5 rings (SSSR count). The molecule has 6 atom stereocenters. The lowest BCUT2D eigenvalue weighted by Gasteiger charge is -2.51. The van der Waals surface area contributed by atoms with Crippen molar-refractivity contribution < 1.29 is 17.9 Å². The number of hydrogen-bond donors (Lipinski definition) is 1. The number of thiazole rings is 1. The lowest BCUT2D eigenvalue weighted by molar-refractivity contribution is -0.149. The summed E-state index contributed by atoms with van der Waals surface area (Å²) in [5.41, 5.74) is 1.98. The van der Waals surface area contributed by atoms with Crippen LogP contribution >= 0.6 is 11.3 Å². The summed E-state index contributed by atoms with van der Waals surface area (Å²) in [5.74, 6) is 0.454. The molecule has 6 nitrogen and oxygen atoms in total. The van der Waals surface area contributed by atoms with Crippen molar-refractivity contribution >= 4 is 32.5 Å². The molecule has 1 saturated carbocycles. The largest absolute Gasteiger partial charge is 0.461 e. The molecule has 0 amide bonds. The minimum absolute atomic E-state index is 0.0254. The first-order valence-corrected chi connectivity index (χ1v) is 13.2. The first kappa shape index (κ1) is 20.9. The molecule has 0 unspecified atom stereocenters. The highest BCUT2D eigenvalue weighted by atomic mass is 32.2. The number of carbonyl (C=O) groups excluding carboxylic acids is 1. The third-order valence-electron chi connectivity index (χ3n) is 7.71. The SMILES string of the molecule is Cc1ccc(S(=O)(=O)Nc2nc3c(s2)C[C@@]2(C)CC[C@@H]4[C@H](OC(=O)[C@H]4C)[C@H]2[C@@H]3C)cc1. The average molecular weight is 461 g/mol. The maximum atomic E-state index is 12.8. The monoisotopic (exact) mass is 460 g/mol. The number of aromatic nitrogens is 1. The molecule has 166 valence electrons. The minimum Gasteiger partial charge on any atom is -0.461 e. The van der Waals surface area contributed by atoms with Gasteiger partial charge in [0.05, 0.1) is 16.5 Å². The fourth-order valence-corrected chi connectivity index (χ4v) is 8.51. The van der Waals surface area contributed by atoms with Crippen molar-refractivity contribution in [3.8, 4) is 0 Å². The molecule has 1 N–H and O–H groups in total. The summed E-state index contributed by atoms with van der Waals surface area (Å²) < 4.78 is 34.2. The van der Waals surface area contributed by atoms with Crippen molar-refractivity contribution in [3.05, 3.63) is 40.4 Å². The van der Waals surface area contributed by atoms with Gasteiger partial charge in [-0.1, -0.05) is 38.5 Å². The number of benzene rings is 1. The summed E-state index contributed by atoms with van der Waals surface area (Å²) in [4.78, 5) is 18.4. The van der Waals surface area contributed by atoms with Gasteiger partial charge in [-0.2, -0.15) is 0 Å². The van der Waals surface area contributed by atoms with Crippen LogP contribution in [0.4, 0.5) is 5.13 Å². The van der Waals surface area contributed by atoms with Crippen LogP contribution in [0.1, 0.15) is 55.7 Å². The second-order valence-corrected chi connectivity index (χ2v) is 12.5. The van der Waals surface area contributed by atoms with Gasteiger partial charge >= 0.3 is 5.97 Å². The number of carbonyl (C=O) groups is 1. The van der Waals surface area contributed by atoms with Gasteiger partial charge in [0, 0.05) is 22.6 Å². The minimum atomic E-state index is -3.69. The molecule has 0 bridgehead atoms. The second-order valence-electron chi connectivity index (χ2n) is 9.78. The predicted octanol–water partition coefficient (Wildman–Crippen LogP) is 4.51. The zero-order valence-corrected chi connectivity index (χ0v) is 19.8. The van der Waals surface area contributed by atoms with E-state index < -0.39 is 10.0 Å². The maximum absolute atomic E-state index is 12.8. The lowest BCUT2D eigenvalue weighted by atomic mass is 9.54. The van der Waals surface area contributed by atoms with Crippen molar-refractivity contribution in [2.75, 3.05) is 4.72 Å². The first-order chi connectivity index (χ1) is 14.6. The standard InChI is InChI=1S/C23H28N2O4S2/c1-12-5-7-15(8-6-12)31(27,28)25-22-24-19-14(3)18-20-16(13(2)21(26)29-20)9-10-23(18,4)11-17(19)30-22/h5-8,13-14,16,18,20H,9-11H2,1-4H3,(H,24,25)/t13-,14-,16-,18+,20-,23+/m0/s1. The third-order valence-corrected chi connectivity index (χ3v) is 10.2. The number of hydrogen-bond acceptors (Lipinski definition) is 6. The van der Waals surface area contributed by atoms with Crippen LogP contribution in [0, 0.1) is 30.1 Å². The van der Waals surface area contributed by atoms with Crippen LogP contribution in [0.25, 0.3) is 0 Å². The number of nitrogens with zero attached hydrogens (tertiary/aromatic N) is 1. The molecule has 2 aliphatic carbocycles. The predicted molar refractivity (Wildman–Crippen MR) is 120 cm³/mol. The highest BCUT2D eigenvalue weighted by Crippen LogP contribution is 2.59. The summed E-state index contributed by atoms with van der Waals surface area (Å²) >= 11 is 1.44. The number of anilines is 1. The molecule has 3 aliphatic rings. The van der Waals surface area contributed by atoms with E-state index in [1.807, 2.05) is 13.8 Å². The van der Waals surface area contributed by atoms with Gasteiger partial charge in [-0.15, -0.1) is 11.3 Å². The van der Waals surface area contributed by atoms with E-state index in [1.165, 1.54) is 11.3 Å². The summed E-state index contributed by atoms with van der Waals surface area (Å²) in [5, 5.41) is 0.410. The van der Waals surface area contributed by atoms with Crippen molar-refractivity contribution in [3.63, 3.8) is 0 Å². The number of esters is 1. The normalized spacial score (nSPS) is 34.5. The molecule has 1 saturated heterocycles. The smallest absolute Gasteiger partial charge is 0.309 e. The van der Waals surface area contributed by atoms with Crippen LogP contribution < -0.4 is 4.72 Å². The molecule has 1 aromatic carbocycles. The summed E-state index contributed by atoms with van der Waals surface area (Å²) in [6.07, 6.45) is 2.82. The van der Waals surface area contributed by atoms with Crippen LogP contribution in [0.2, 0.25) is 0 Å². The Bertz CT molecular complexity index is 1140. The van der Waals surface area contributed by atoms with E-state index in [0.717, 1.165) is 35.4 Å². The number of nitrogens with one attached hydrogen (secondary N) is 1. The maximum Gasteiger partial charge on any atom is 0.309 e. The van der Waals surface area contributed by atoms with E-state index in [9.17, 15) is 13.2 Å². The van der Waals surface area contributed by atoms with E-state index in [2.05, 4.69) is 18.6 Å². The molecule has 1 aromatic heterocycles. The molecule has 0 spiro atoms. The van der Waals surface area contributed by atoms with Crippen LogP contribution in [0.3, 0.4) is 0 Å². The van der Waals surface area contributed by atoms with Gasteiger partial charge in [-0.3, -0.25) is 9.52 Å². The molecule has 0 radical (unpaired) electrons. The van der Waals surface area contributed by atoms with Gasteiger partial charge in [-0.05, 0) is 43.7 Å². The van der Waals surface area contributed by atoms with Gasteiger partial charge in [0.15, 0.2) is 5.13 Å². The van der Waals surface area contributed by atoms with E-state index in [4.69, 9.17) is 9.72 Å². The van der Waals surface area contributed by atoms with Crippen molar-refractivity contribution in [2.45, 2.75) is 63.9 Å². The summed E-state index contributed by atoms with van der Waals surface area (Å²) in [6.45, 7) is 8.35. The molecule has 2 fully saturated rings. The van der Waals surface area contributed by atoms with E-state index >= 15 is 0 Å². The Hall–Kier alpha value is -1.93. The zero-order valence-electron chi connectivity index (χ0n) is 18.2. The number of sulfonamides is 1. The fourth-order valence-electron chi connectivity index (χ4n) is 6.01. The van der Waals surface area contributed by atoms with Crippen molar-refractivity contribution in [2.24, 2.45) is 23.2 Å². The number of ether oxygens (including phenoxy) is 1. The Labute approximate surface area is 187 Å². The van der Waals surface area contributed by atoms with Gasteiger partial charge < -0.3 is 4.74 Å². The van der Waals surface area contributed by atoms with E-state index in [1.54, 1.807) is 24.3 Å². The Kier molecular flexibility index (Phi) is 4.75. The molecular weight excluding hydrogens is 432 g/mol. The number of aryl methyl sites for hydroxylation is 1. The van der Waals surface area contributed by atoms with Gasteiger partial charge in [0.1, 0.15) is 6.10 Å². The first-order valence-electron chi connectivity index (χ1n) is 10.9. The molecule has 31 heavy (non-hydrogen) atoms. The Morgan fingerprint density at radius 3 is 2.61 bits per heavy atom. The topological polar surface area (TPSA) is 85.4 Å². The summed E-state index contributed by atoms with van der Waals surface area (Å²) in [6, 6.07) is 6.79. The van der Waals surface area contributed by atoms with Crippen LogP contribution in [-0.2, 0) is 26.0 Å². The zero-order chi connectivity index (χ0) is 22.1. The van der Waals surface area contributed by atoms with Crippen LogP contribution in [0.5, 0.6) is 0 Å². The highest BCUT2D eigenvalue weighted by molar-refractivity contribution is 7.93. The van der Waals surface area contributed by atoms with Gasteiger partial charge in [0.25, 0.3) is 10.0 Å². The van der Waals surface area contributed by atoms with E-state index in [0.29, 0.717) is 5.13 Å². The van der Waals surface area contributed by atoms with Crippen LogP contribution in [-0.4, -0.2) is 25.5 Å². The highest BCUT2D eigenvalue weighted by Gasteiger charge is 2.58. The average Bonchev–Trinajstić information content (AvgIpc) is 3.21. The quantitative estimate of drug-likeness (QED) is 0.682. The third kappa shape index (κ3) is 3.30. The van der Waals surface area contributed by atoms with Crippen molar-refractivity contribution in [1.29, 1.82) is 0 Å². The summed E-state index contributed by atoms with van der Waals surface area (Å²) in [7, 11) is -3.69. The molecule has 2 heterocycles. The number of rotatable bonds is 3. The second kappa shape index (κ2) is 7.04. The van der Waals surface area contributed by atoms with Crippen LogP contribution in [0.15, 0.2) is 29.2 Å². The Morgan fingerprint density at radius 1 is 1.19 bits per heavy atom. The van der Waals surface area contributed by atoms with Gasteiger partial charge in [-0.25, -0.2) is 13.4 Å². The Morgan fingerprint density at radius 2 is 1.90 bits per heavy atom. The lowest BCUT2D eigenvalue weighted by Crippen LogP contribution is -2.50. The van der Waals surface area contributed by atoms with E-state index in [-0.39, 0.29) is 46.1 Å². The Balaban J connectivity index is 1.45. The molecular formula is C23H28N2O4S2. The molecule has 2 aromatic rings. The molecule has 1 aliphatic heterocycles.